The molecule has 1 rings (SSSR count). The maximum Gasteiger partial charge on any atom is 0.395 e. The van der Waals surface area contributed by atoms with E-state index in [2.05, 4.69) is 14.5 Å². The summed E-state index contributed by atoms with van der Waals surface area (Å²) in [6.45, 7) is 0. The molecule has 1 aliphatic rings. The van der Waals surface area contributed by atoms with Gasteiger partial charge in [0.25, 0.3) is 0 Å². The summed E-state index contributed by atoms with van der Waals surface area (Å²) in [5, 5.41) is 8.28. The molecule has 0 radical (unpaired) electrons. The Hall–Kier alpha value is -2.38. The van der Waals surface area contributed by atoms with Crippen LogP contribution in [0.3, 0.4) is 0 Å². The first-order valence-corrected chi connectivity index (χ1v) is 4.99. The van der Waals surface area contributed by atoms with E-state index >= 15 is 0 Å². The van der Waals surface area contributed by atoms with E-state index in [0.717, 1.165) is 12.2 Å². The molecule has 18 heavy (non-hydrogen) atoms. The number of carboxylic acid groups (broad SMARTS) is 1. The van der Waals surface area contributed by atoms with Crippen LogP contribution in [-0.2, 0) is 33.7 Å². The van der Waals surface area contributed by atoms with Gasteiger partial charge in [0, 0.05) is 18.9 Å². The molecular weight excluding hydrogens is 248 g/mol. The van der Waals surface area contributed by atoms with Crippen LogP contribution in [0, 0.1) is 0 Å². The van der Waals surface area contributed by atoms with Crippen LogP contribution in [0.1, 0.15) is 19.3 Å². The Kier molecular flexibility index (Phi) is 4.85. The molecule has 0 bridgehead atoms. The molecule has 0 aromatic heterocycles. The minimum absolute atomic E-state index is 0.103. The molecule has 1 N–H and O–H groups in total. The van der Waals surface area contributed by atoms with Crippen molar-refractivity contribution in [2.75, 3.05) is 0 Å². The van der Waals surface area contributed by atoms with E-state index in [4.69, 9.17) is 5.11 Å². The van der Waals surface area contributed by atoms with Crippen molar-refractivity contribution in [2.45, 2.75) is 25.4 Å². The van der Waals surface area contributed by atoms with E-state index in [9.17, 15) is 19.2 Å². The number of esters is 1. The summed E-state index contributed by atoms with van der Waals surface area (Å²) in [5.41, 5.74) is 0. The third kappa shape index (κ3) is 4.64. The minimum Gasteiger partial charge on any atom is -0.481 e. The Morgan fingerprint density at radius 3 is 2.67 bits per heavy atom. The lowest BCUT2D eigenvalue weighted by atomic mass is 10.2. The SMILES string of the molecule is O=C(O)C/C=C/C(=O)OOC(=O)C1CCC(=O)O1. The molecule has 1 unspecified atom stereocenters. The van der Waals surface area contributed by atoms with Gasteiger partial charge in [-0.2, -0.15) is 0 Å². The predicted molar refractivity (Wildman–Crippen MR) is 52.7 cm³/mol. The number of cyclic esters (lactones) is 1. The van der Waals surface area contributed by atoms with E-state index < -0.39 is 30.0 Å². The Morgan fingerprint density at radius 1 is 1.39 bits per heavy atom. The zero-order valence-corrected chi connectivity index (χ0v) is 9.16. The summed E-state index contributed by atoms with van der Waals surface area (Å²) in [6.07, 6.45) is 0.698. The van der Waals surface area contributed by atoms with Gasteiger partial charge in [0.15, 0.2) is 0 Å². The second-order valence-corrected chi connectivity index (χ2v) is 3.32. The molecule has 8 nitrogen and oxygen atoms in total. The van der Waals surface area contributed by atoms with Crippen molar-refractivity contribution in [1.82, 2.24) is 0 Å². The maximum atomic E-state index is 11.2. The molecule has 1 saturated heterocycles. The Balaban J connectivity index is 2.25. The number of hydrogen-bond acceptors (Lipinski definition) is 7. The van der Waals surface area contributed by atoms with Gasteiger partial charge < -0.3 is 9.84 Å². The summed E-state index contributed by atoms with van der Waals surface area (Å²) in [6, 6.07) is 0. The van der Waals surface area contributed by atoms with Crippen molar-refractivity contribution in [1.29, 1.82) is 0 Å². The smallest absolute Gasteiger partial charge is 0.395 e. The number of aliphatic carboxylic acids is 1. The third-order valence-corrected chi connectivity index (χ3v) is 1.90. The first-order valence-electron chi connectivity index (χ1n) is 4.99. The highest BCUT2D eigenvalue weighted by Crippen LogP contribution is 2.14. The van der Waals surface area contributed by atoms with Gasteiger partial charge in [0.05, 0.1) is 6.42 Å². The third-order valence-electron chi connectivity index (χ3n) is 1.90. The van der Waals surface area contributed by atoms with Gasteiger partial charge >= 0.3 is 23.9 Å². The molecule has 0 aromatic rings. The minimum atomic E-state index is -1.12. The standard InChI is InChI=1S/C10H10O8/c11-7(12)2-1-3-9(14)17-18-10(15)6-4-5-8(13)16-6/h1,3,6H,2,4-5H2,(H,11,12)/b3-1+. The van der Waals surface area contributed by atoms with Crippen LogP contribution in [0.2, 0.25) is 0 Å². The largest absolute Gasteiger partial charge is 0.481 e. The van der Waals surface area contributed by atoms with Gasteiger partial charge in [-0.25, -0.2) is 19.4 Å². The lowest BCUT2D eigenvalue weighted by molar-refractivity contribution is -0.260. The van der Waals surface area contributed by atoms with Gasteiger partial charge in [-0.05, 0) is 0 Å². The van der Waals surface area contributed by atoms with Crippen molar-refractivity contribution in [3.05, 3.63) is 12.2 Å². The molecule has 8 heteroatoms. The highest BCUT2D eigenvalue weighted by Gasteiger charge is 2.32. The molecule has 98 valence electrons. The number of carboxylic acids is 1. The first kappa shape index (κ1) is 13.7. The Labute approximate surface area is 101 Å². The average molecular weight is 258 g/mol. The summed E-state index contributed by atoms with van der Waals surface area (Å²) < 4.78 is 4.57. The van der Waals surface area contributed by atoms with Crippen LogP contribution >= 0.6 is 0 Å². The molecule has 1 heterocycles. The van der Waals surface area contributed by atoms with E-state index in [0.29, 0.717) is 0 Å². The zero-order chi connectivity index (χ0) is 13.5. The van der Waals surface area contributed by atoms with Crippen LogP contribution in [-0.4, -0.2) is 35.1 Å². The Bertz CT molecular complexity index is 397. The number of hydrogen-bond donors (Lipinski definition) is 1. The second-order valence-electron chi connectivity index (χ2n) is 3.32. The molecule has 0 aromatic carbocycles. The fraction of sp³-hybridized carbons (Fsp3) is 0.400. The summed E-state index contributed by atoms with van der Waals surface area (Å²) in [4.78, 5) is 51.1. The summed E-state index contributed by atoms with van der Waals surface area (Å²) in [7, 11) is 0. The van der Waals surface area contributed by atoms with Gasteiger partial charge in [-0.3, -0.25) is 9.59 Å². The van der Waals surface area contributed by atoms with E-state index in [1.807, 2.05) is 0 Å². The van der Waals surface area contributed by atoms with Crippen LogP contribution < -0.4 is 0 Å². The molecule has 0 spiro atoms. The monoisotopic (exact) mass is 258 g/mol. The number of carbonyl (C=O) groups is 4. The molecular formula is C10H10O8. The maximum absolute atomic E-state index is 11.2. The number of rotatable bonds is 4. The predicted octanol–water partition coefficient (Wildman–Crippen LogP) is -0.276. The molecule has 0 saturated carbocycles. The first-order chi connectivity index (χ1) is 8.49. The zero-order valence-electron chi connectivity index (χ0n) is 9.16. The highest BCUT2D eigenvalue weighted by molar-refractivity contribution is 5.85. The summed E-state index contributed by atoms with van der Waals surface area (Å²) >= 11 is 0. The molecule has 0 aliphatic carbocycles. The molecule has 1 atom stereocenters. The summed E-state index contributed by atoms with van der Waals surface area (Å²) in [5.74, 6) is -3.66. The van der Waals surface area contributed by atoms with Crippen molar-refractivity contribution < 1.29 is 38.8 Å². The fourth-order valence-electron chi connectivity index (χ4n) is 1.11. The van der Waals surface area contributed by atoms with Crippen molar-refractivity contribution >= 4 is 23.9 Å². The number of ether oxygens (including phenoxy) is 1. The quantitative estimate of drug-likeness (QED) is 0.317. The van der Waals surface area contributed by atoms with Crippen LogP contribution in [0.5, 0.6) is 0 Å². The van der Waals surface area contributed by atoms with E-state index in [1.165, 1.54) is 0 Å². The van der Waals surface area contributed by atoms with Crippen molar-refractivity contribution in [3.8, 4) is 0 Å². The van der Waals surface area contributed by atoms with Gasteiger partial charge in [0.2, 0.25) is 6.10 Å². The van der Waals surface area contributed by atoms with Crippen molar-refractivity contribution in [2.24, 2.45) is 0 Å². The van der Waals surface area contributed by atoms with Crippen molar-refractivity contribution in [3.63, 3.8) is 0 Å². The average Bonchev–Trinajstić information content (AvgIpc) is 2.72. The number of carbonyl (C=O) groups excluding carboxylic acids is 3. The van der Waals surface area contributed by atoms with E-state index in [-0.39, 0.29) is 19.3 Å². The topological polar surface area (TPSA) is 116 Å². The highest BCUT2D eigenvalue weighted by atomic mass is 17.2. The van der Waals surface area contributed by atoms with Gasteiger partial charge in [-0.15, -0.1) is 0 Å². The molecule has 0 amide bonds. The van der Waals surface area contributed by atoms with Gasteiger partial charge in [-0.1, -0.05) is 6.08 Å². The molecule has 1 aliphatic heterocycles. The fourth-order valence-corrected chi connectivity index (χ4v) is 1.11. The van der Waals surface area contributed by atoms with Crippen LogP contribution in [0.15, 0.2) is 12.2 Å². The lowest BCUT2D eigenvalue weighted by Crippen LogP contribution is -2.24. The second kappa shape index (κ2) is 6.38. The van der Waals surface area contributed by atoms with Crippen LogP contribution in [0.4, 0.5) is 0 Å². The van der Waals surface area contributed by atoms with Crippen LogP contribution in [0.25, 0.3) is 0 Å². The van der Waals surface area contributed by atoms with Gasteiger partial charge in [0.1, 0.15) is 0 Å². The Morgan fingerprint density at radius 2 is 2.11 bits per heavy atom. The lowest BCUT2D eigenvalue weighted by Gasteiger charge is -2.05. The van der Waals surface area contributed by atoms with E-state index in [1.54, 1.807) is 0 Å². The molecule has 1 fully saturated rings. The normalized spacial score (nSPS) is 18.4.